The van der Waals surface area contributed by atoms with Crippen molar-refractivity contribution in [2.75, 3.05) is 0 Å². The van der Waals surface area contributed by atoms with Crippen LogP contribution in [0.3, 0.4) is 0 Å². The van der Waals surface area contributed by atoms with Gasteiger partial charge in [-0.3, -0.25) is 0 Å². The zero-order valence-corrected chi connectivity index (χ0v) is 4.93. The molecule has 4 aliphatic rings. The highest BCUT2D eigenvalue weighted by Gasteiger charge is 2.49. The van der Waals surface area contributed by atoms with Crippen LogP contribution in [0, 0.1) is 17.8 Å². The molecule has 0 aromatic rings. The van der Waals surface area contributed by atoms with Gasteiger partial charge in [0, 0.05) is 0 Å². The molecule has 4 bridgehead atoms. The largest absolute Gasteiger partial charge is 0.0810 e. The summed E-state index contributed by atoms with van der Waals surface area (Å²) in [6.07, 6.45) is 7.10. The van der Waals surface area contributed by atoms with Gasteiger partial charge in [0.05, 0.1) is 0 Å². The van der Waals surface area contributed by atoms with Gasteiger partial charge in [-0.15, -0.1) is 0 Å². The quantitative estimate of drug-likeness (QED) is 0.414. The van der Waals surface area contributed by atoms with Crippen molar-refractivity contribution in [2.45, 2.75) is 19.3 Å². The summed E-state index contributed by atoms with van der Waals surface area (Å²) in [4.78, 5) is 0. The van der Waals surface area contributed by atoms with Crippen LogP contribution in [0.2, 0.25) is 0 Å². The molecular weight excluding hydrogens is 96.1 g/mol. The van der Waals surface area contributed by atoms with E-state index in [1.54, 1.807) is 6.42 Å². The van der Waals surface area contributed by atoms with E-state index in [-0.39, 0.29) is 0 Å². The van der Waals surface area contributed by atoms with Gasteiger partial charge in [-0.2, -0.15) is 0 Å². The van der Waals surface area contributed by atoms with Crippen LogP contribution in [-0.4, -0.2) is 0 Å². The summed E-state index contributed by atoms with van der Waals surface area (Å²) in [5.74, 6) is 3.23. The van der Waals surface area contributed by atoms with Crippen molar-refractivity contribution >= 4 is 0 Å². The van der Waals surface area contributed by atoms with E-state index < -0.39 is 0 Å². The van der Waals surface area contributed by atoms with Crippen LogP contribution >= 0.6 is 0 Å². The van der Waals surface area contributed by atoms with Crippen LogP contribution in [0.4, 0.5) is 0 Å². The van der Waals surface area contributed by atoms with Gasteiger partial charge in [0.15, 0.2) is 0 Å². The Morgan fingerprint density at radius 2 is 2.38 bits per heavy atom. The third-order valence-electron chi connectivity index (χ3n) is 3.21. The minimum atomic E-state index is 1.05. The molecule has 0 radical (unpaired) electrons. The molecule has 0 saturated heterocycles. The standard InChI is InChI=1S/C8H10/c1-2-6-4-7-5(1)3-8(6)7/h3,5-7H,1-2,4H2/t5-,6?,7?/m1/s1. The molecule has 0 spiro atoms. The SMILES string of the molecule is C1=C2C3CC[C@H]1C2C3. The van der Waals surface area contributed by atoms with Gasteiger partial charge in [0.25, 0.3) is 0 Å². The van der Waals surface area contributed by atoms with Crippen molar-refractivity contribution in [1.82, 2.24) is 0 Å². The average molecular weight is 106 g/mol. The highest BCUT2D eigenvalue weighted by atomic mass is 14.5. The molecule has 0 heteroatoms. The summed E-state index contributed by atoms with van der Waals surface area (Å²) in [6.45, 7) is 0. The van der Waals surface area contributed by atoms with Crippen molar-refractivity contribution < 1.29 is 0 Å². The molecule has 3 atom stereocenters. The molecule has 0 aromatic heterocycles. The molecule has 0 aliphatic heterocycles. The third kappa shape index (κ3) is 0.211. The summed E-state index contributed by atoms with van der Waals surface area (Å²) in [5.41, 5.74) is 1.83. The Morgan fingerprint density at radius 1 is 1.38 bits per heavy atom. The second kappa shape index (κ2) is 0.896. The van der Waals surface area contributed by atoms with Crippen molar-refractivity contribution in [2.24, 2.45) is 17.8 Å². The van der Waals surface area contributed by atoms with E-state index in [0.29, 0.717) is 0 Å². The van der Waals surface area contributed by atoms with Crippen LogP contribution in [0.1, 0.15) is 19.3 Å². The van der Waals surface area contributed by atoms with E-state index in [9.17, 15) is 0 Å². The Labute approximate surface area is 49.6 Å². The second-order valence-electron chi connectivity index (χ2n) is 3.45. The first-order chi connectivity index (χ1) is 3.95. The predicted molar refractivity (Wildman–Crippen MR) is 32.4 cm³/mol. The smallest absolute Gasteiger partial charge is 0.0132 e. The van der Waals surface area contributed by atoms with Crippen molar-refractivity contribution in [1.29, 1.82) is 0 Å². The lowest BCUT2D eigenvalue weighted by molar-refractivity contribution is 0.120. The van der Waals surface area contributed by atoms with Gasteiger partial charge in [0.1, 0.15) is 0 Å². The maximum Gasteiger partial charge on any atom is -0.0132 e. The highest BCUT2D eigenvalue weighted by molar-refractivity contribution is 5.35. The average Bonchev–Trinajstić information content (AvgIpc) is 1.84. The van der Waals surface area contributed by atoms with E-state index in [1.165, 1.54) is 12.8 Å². The van der Waals surface area contributed by atoms with Crippen molar-refractivity contribution in [3.63, 3.8) is 0 Å². The zero-order valence-electron chi connectivity index (χ0n) is 4.93. The lowest BCUT2D eigenvalue weighted by atomic mass is 9.49. The van der Waals surface area contributed by atoms with Gasteiger partial charge in [0.2, 0.25) is 0 Å². The second-order valence-corrected chi connectivity index (χ2v) is 3.45. The van der Waals surface area contributed by atoms with E-state index in [1.807, 2.05) is 5.57 Å². The van der Waals surface area contributed by atoms with Gasteiger partial charge in [-0.05, 0) is 37.0 Å². The van der Waals surface area contributed by atoms with E-state index in [2.05, 4.69) is 6.08 Å². The third-order valence-corrected chi connectivity index (χ3v) is 3.21. The molecule has 0 nitrogen and oxygen atoms in total. The molecule has 42 valence electrons. The topological polar surface area (TPSA) is 0 Å². The fourth-order valence-corrected chi connectivity index (χ4v) is 2.61. The fourth-order valence-electron chi connectivity index (χ4n) is 2.61. The molecule has 8 heavy (non-hydrogen) atoms. The molecule has 4 aliphatic carbocycles. The van der Waals surface area contributed by atoms with Gasteiger partial charge in [-0.1, -0.05) is 11.6 Å². The monoisotopic (exact) mass is 106 g/mol. The molecule has 0 heterocycles. The maximum absolute atomic E-state index is 2.52. The molecule has 2 fully saturated rings. The molecule has 2 unspecified atom stereocenters. The minimum absolute atomic E-state index is 1.05. The lowest BCUT2D eigenvalue weighted by Crippen LogP contribution is -2.45. The molecule has 0 N–H and O–H groups in total. The summed E-state index contributed by atoms with van der Waals surface area (Å²) >= 11 is 0. The Kier molecular flexibility index (Phi) is 0.415. The summed E-state index contributed by atoms with van der Waals surface area (Å²) < 4.78 is 0. The molecule has 2 saturated carbocycles. The lowest BCUT2D eigenvalue weighted by Gasteiger charge is -2.56. The van der Waals surface area contributed by atoms with E-state index in [0.717, 1.165) is 17.8 Å². The Balaban J connectivity index is 2.13. The Bertz CT molecular complexity index is 163. The summed E-state index contributed by atoms with van der Waals surface area (Å²) in [5, 5.41) is 0. The number of hydrogen-bond acceptors (Lipinski definition) is 0. The number of allylic oxidation sites excluding steroid dienone is 2. The van der Waals surface area contributed by atoms with E-state index in [4.69, 9.17) is 0 Å². The predicted octanol–water partition coefficient (Wildman–Crippen LogP) is 1.97. The zero-order chi connectivity index (χ0) is 5.14. The normalized spacial score (nSPS) is 56.0. The van der Waals surface area contributed by atoms with Gasteiger partial charge < -0.3 is 0 Å². The molecular formula is C8H10. The van der Waals surface area contributed by atoms with Crippen molar-refractivity contribution in [3.05, 3.63) is 11.6 Å². The first kappa shape index (κ1) is 3.71. The number of fused-ring (bicyclic) bond motifs is 1. The number of hydrogen-bond donors (Lipinski definition) is 0. The van der Waals surface area contributed by atoms with Crippen LogP contribution < -0.4 is 0 Å². The minimum Gasteiger partial charge on any atom is -0.0810 e. The molecule has 4 rings (SSSR count). The maximum atomic E-state index is 2.52. The molecule has 0 aromatic carbocycles. The Hall–Kier alpha value is -0.260. The summed E-state index contributed by atoms with van der Waals surface area (Å²) in [7, 11) is 0. The van der Waals surface area contributed by atoms with Crippen molar-refractivity contribution in [3.8, 4) is 0 Å². The van der Waals surface area contributed by atoms with Gasteiger partial charge in [-0.25, -0.2) is 0 Å². The van der Waals surface area contributed by atoms with Gasteiger partial charge >= 0.3 is 0 Å². The summed E-state index contributed by atoms with van der Waals surface area (Å²) in [6, 6.07) is 0. The van der Waals surface area contributed by atoms with Crippen LogP contribution in [0.15, 0.2) is 11.6 Å². The first-order valence-corrected chi connectivity index (χ1v) is 3.67. The number of rotatable bonds is 0. The van der Waals surface area contributed by atoms with Crippen LogP contribution in [0.5, 0.6) is 0 Å². The highest BCUT2D eigenvalue weighted by Crippen LogP contribution is 2.60. The van der Waals surface area contributed by atoms with Crippen LogP contribution in [-0.2, 0) is 0 Å². The first-order valence-electron chi connectivity index (χ1n) is 3.67. The Morgan fingerprint density at radius 3 is 2.50 bits per heavy atom. The van der Waals surface area contributed by atoms with E-state index >= 15 is 0 Å². The van der Waals surface area contributed by atoms with Crippen LogP contribution in [0.25, 0.3) is 0 Å². The fraction of sp³-hybridized carbons (Fsp3) is 0.750. The molecule has 0 amide bonds.